The third-order valence-corrected chi connectivity index (χ3v) is 3.06. The van der Waals surface area contributed by atoms with Crippen LogP contribution in [-0.4, -0.2) is 21.6 Å². The normalized spacial score (nSPS) is 13.0. The van der Waals surface area contributed by atoms with E-state index in [1.807, 2.05) is 12.2 Å². The van der Waals surface area contributed by atoms with Crippen molar-refractivity contribution in [1.82, 2.24) is 14.9 Å². The number of rotatable bonds is 3. The zero-order valence-corrected chi connectivity index (χ0v) is 11.5. The van der Waals surface area contributed by atoms with Gasteiger partial charge in [-0.2, -0.15) is 13.2 Å². The van der Waals surface area contributed by atoms with Crippen LogP contribution in [0.15, 0.2) is 36.7 Å². The molecular weight excluding hydrogens is 283 g/mol. The van der Waals surface area contributed by atoms with Gasteiger partial charge in [-0.05, 0) is 12.5 Å². The van der Waals surface area contributed by atoms with E-state index >= 15 is 0 Å². The van der Waals surface area contributed by atoms with Crippen molar-refractivity contribution in [3.8, 4) is 0 Å². The average Bonchev–Trinajstić information content (AvgIpc) is 2.82. The summed E-state index contributed by atoms with van der Waals surface area (Å²) in [6.07, 6.45) is -1.86. The summed E-state index contributed by atoms with van der Waals surface area (Å²) < 4.78 is 39.0. The molecule has 1 heterocycles. The van der Waals surface area contributed by atoms with Crippen molar-refractivity contribution in [2.45, 2.75) is 19.1 Å². The van der Waals surface area contributed by atoms with Crippen LogP contribution < -0.4 is 5.32 Å². The summed E-state index contributed by atoms with van der Waals surface area (Å²) >= 11 is 0. The minimum atomic E-state index is -4.94. The van der Waals surface area contributed by atoms with Gasteiger partial charge in [-0.25, -0.2) is 4.98 Å². The molecule has 0 aliphatic rings. The Morgan fingerprint density at radius 1 is 1.29 bits per heavy atom. The molecule has 1 aromatic carbocycles. The van der Waals surface area contributed by atoms with E-state index in [0.29, 0.717) is 11.4 Å². The second-order valence-electron chi connectivity index (χ2n) is 4.71. The van der Waals surface area contributed by atoms with Crippen LogP contribution in [0, 0.1) is 6.92 Å². The van der Waals surface area contributed by atoms with Crippen molar-refractivity contribution in [2.24, 2.45) is 7.05 Å². The minimum Gasteiger partial charge on any atom is -0.336 e. The van der Waals surface area contributed by atoms with Crippen LogP contribution >= 0.6 is 0 Å². The van der Waals surface area contributed by atoms with E-state index in [2.05, 4.69) is 4.98 Å². The molecular formula is C14H14F3N3O. The van der Waals surface area contributed by atoms with Crippen LogP contribution in [0.5, 0.6) is 0 Å². The summed E-state index contributed by atoms with van der Waals surface area (Å²) in [4.78, 5) is 15.3. The first-order valence-corrected chi connectivity index (χ1v) is 6.20. The minimum absolute atomic E-state index is 0.330. The lowest BCUT2D eigenvalue weighted by atomic mass is 10.0. The lowest BCUT2D eigenvalue weighted by Gasteiger charge is -2.20. The maximum atomic E-state index is 12.5. The number of nitrogens with zero attached hydrogens (tertiary/aromatic N) is 2. The van der Waals surface area contributed by atoms with Gasteiger partial charge < -0.3 is 9.88 Å². The van der Waals surface area contributed by atoms with E-state index in [0.717, 1.165) is 5.56 Å². The van der Waals surface area contributed by atoms with Crippen LogP contribution in [-0.2, 0) is 11.8 Å². The number of alkyl halides is 3. The molecule has 0 aliphatic heterocycles. The molecule has 1 aromatic heterocycles. The van der Waals surface area contributed by atoms with Crippen molar-refractivity contribution in [2.75, 3.05) is 0 Å². The summed E-state index contributed by atoms with van der Waals surface area (Å²) in [5, 5.41) is 1.99. The Kier molecular flexibility index (Phi) is 4.02. The lowest BCUT2D eigenvalue weighted by molar-refractivity contribution is -0.174. The molecule has 0 spiro atoms. The number of carbonyl (C=O) groups excluding carboxylic acids is 1. The number of halogens is 3. The van der Waals surface area contributed by atoms with Crippen LogP contribution in [0.4, 0.5) is 13.2 Å². The van der Waals surface area contributed by atoms with Crippen LogP contribution in [0.2, 0.25) is 0 Å². The predicted octanol–water partition coefficient (Wildman–Crippen LogP) is 2.50. The van der Waals surface area contributed by atoms with Gasteiger partial charge in [0.2, 0.25) is 0 Å². The van der Waals surface area contributed by atoms with Crippen LogP contribution in [0.3, 0.4) is 0 Å². The van der Waals surface area contributed by atoms with Gasteiger partial charge in [-0.3, -0.25) is 4.79 Å². The van der Waals surface area contributed by atoms with Crippen molar-refractivity contribution in [3.63, 3.8) is 0 Å². The lowest BCUT2D eigenvalue weighted by Crippen LogP contribution is -2.40. The zero-order chi connectivity index (χ0) is 15.6. The first kappa shape index (κ1) is 15.1. The molecule has 0 saturated carbocycles. The van der Waals surface area contributed by atoms with E-state index in [1.54, 1.807) is 42.1 Å². The van der Waals surface area contributed by atoms with E-state index in [-0.39, 0.29) is 0 Å². The topological polar surface area (TPSA) is 46.9 Å². The molecule has 7 heteroatoms. The number of aromatic nitrogens is 2. The molecule has 1 amide bonds. The Bertz CT molecular complexity index is 632. The molecule has 0 fully saturated rings. The number of amides is 1. The molecule has 2 rings (SSSR count). The van der Waals surface area contributed by atoms with E-state index in [9.17, 15) is 18.0 Å². The van der Waals surface area contributed by atoms with Crippen molar-refractivity contribution in [3.05, 3.63) is 53.6 Å². The molecule has 0 aliphatic carbocycles. The maximum absolute atomic E-state index is 12.5. The summed E-state index contributed by atoms with van der Waals surface area (Å²) in [7, 11) is 1.66. The fourth-order valence-corrected chi connectivity index (χ4v) is 1.92. The van der Waals surface area contributed by atoms with E-state index in [1.165, 1.54) is 6.20 Å². The number of hydrogen-bond acceptors (Lipinski definition) is 2. The molecule has 21 heavy (non-hydrogen) atoms. The van der Waals surface area contributed by atoms with Crippen molar-refractivity contribution < 1.29 is 18.0 Å². The van der Waals surface area contributed by atoms with Gasteiger partial charge in [-0.15, -0.1) is 0 Å². The van der Waals surface area contributed by atoms with Gasteiger partial charge in [0.25, 0.3) is 0 Å². The monoisotopic (exact) mass is 297 g/mol. The quantitative estimate of drug-likeness (QED) is 0.946. The Balaban J connectivity index is 2.38. The summed E-state index contributed by atoms with van der Waals surface area (Å²) in [5.74, 6) is -1.66. The largest absolute Gasteiger partial charge is 0.471 e. The Hall–Kier alpha value is -2.31. The number of benzene rings is 1. The third kappa shape index (κ3) is 3.42. The number of imidazole rings is 1. The first-order valence-electron chi connectivity index (χ1n) is 6.20. The standard InChI is InChI=1S/C14H14F3N3O/c1-9-3-5-10(6-4-9)11(12-18-7-8-20(12)2)19-13(21)14(15,16)17/h3-8,11H,1-2H3,(H,19,21). The highest BCUT2D eigenvalue weighted by Gasteiger charge is 2.40. The number of nitrogens with one attached hydrogen (secondary N) is 1. The van der Waals surface area contributed by atoms with Gasteiger partial charge in [-0.1, -0.05) is 29.8 Å². The number of hydrogen-bond donors (Lipinski definition) is 1. The van der Waals surface area contributed by atoms with Crippen LogP contribution in [0.1, 0.15) is 23.0 Å². The van der Waals surface area contributed by atoms with Crippen molar-refractivity contribution in [1.29, 1.82) is 0 Å². The first-order chi connectivity index (χ1) is 9.79. The molecule has 112 valence electrons. The number of carbonyl (C=O) groups is 1. The van der Waals surface area contributed by atoms with Gasteiger partial charge >= 0.3 is 12.1 Å². The Morgan fingerprint density at radius 3 is 2.38 bits per heavy atom. The van der Waals surface area contributed by atoms with E-state index in [4.69, 9.17) is 0 Å². The molecule has 2 aromatic rings. The van der Waals surface area contributed by atoms with Gasteiger partial charge in [0.1, 0.15) is 11.9 Å². The highest BCUT2D eigenvalue weighted by atomic mass is 19.4. The third-order valence-electron chi connectivity index (χ3n) is 3.06. The summed E-state index contributed by atoms with van der Waals surface area (Å²) in [5.41, 5.74) is 1.51. The number of aryl methyl sites for hydroxylation is 2. The highest BCUT2D eigenvalue weighted by Crippen LogP contribution is 2.23. The fourth-order valence-electron chi connectivity index (χ4n) is 1.92. The molecule has 0 bridgehead atoms. The molecule has 1 unspecified atom stereocenters. The highest BCUT2D eigenvalue weighted by molar-refractivity contribution is 5.82. The fraction of sp³-hybridized carbons (Fsp3) is 0.286. The van der Waals surface area contributed by atoms with Crippen molar-refractivity contribution >= 4 is 5.91 Å². The maximum Gasteiger partial charge on any atom is 0.471 e. The smallest absolute Gasteiger partial charge is 0.336 e. The molecule has 1 N–H and O–H groups in total. The van der Waals surface area contributed by atoms with Gasteiger partial charge in [0, 0.05) is 19.4 Å². The van der Waals surface area contributed by atoms with Gasteiger partial charge in [0.15, 0.2) is 0 Å². The molecule has 0 radical (unpaired) electrons. The average molecular weight is 297 g/mol. The predicted molar refractivity (Wildman–Crippen MR) is 70.4 cm³/mol. The molecule has 0 saturated heterocycles. The summed E-state index contributed by atoms with van der Waals surface area (Å²) in [6.45, 7) is 1.87. The Morgan fingerprint density at radius 2 is 1.90 bits per heavy atom. The molecule has 1 atom stereocenters. The second kappa shape index (κ2) is 5.59. The molecule has 4 nitrogen and oxygen atoms in total. The van der Waals surface area contributed by atoms with E-state index < -0.39 is 18.1 Å². The van der Waals surface area contributed by atoms with Gasteiger partial charge in [0.05, 0.1) is 0 Å². The van der Waals surface area contributed by atoms with Crippen LogP contribution in [0.25, 0.3) is 0 Å². The summed E-state index contributed by atoms with van der Waals surface area (Å²) in [6, 6.07) is 5.92. The SMILES string of the molecule is Cc1ccc(C(NC(=O)C(F)(F)F)c2nccn2C)cc1. The second-order valence-corrected chi connectivity index (χ2v) is 4.71. The Labute approximate surface area is 119 Å². The zero-order valence-electron chi connectivity index (χ0n) is 11.5.